The maximum absolute atomic E-state index is 11.8. The normalized spacial score (nSPS) is 16.4. The number of carbonyl (C=O) groups excluding carboxylic acids is 2. The molecule has 1 fully saturated rings. The molecule has 0 spiro atoms. The van der Waals surface area contributed by atoms with Crippen molar-refractivity contribution in [2.24, 2.45) is 0 Å². The molecule has 0 aromatic carbocycles. The predicted octanol–water partition coefficient (Wildman–Crippen LogP) is 0.551. The molecule has 0 saturated carbocycles. The molecule has 1 heterocycles. The van der Waals surface area contributed by atoms with Crippen molar-refractivity contribution >= 4 is 17.9 Å². The molecule has 20 heavy (non-hydrogen) atoms. The summed E-state index contributed by atoms with van der Waals surface area (Å²) < 4.78 is 0. The molecular formula is C13H23N3O4. The lowest BCUT2D eigenvalue weighted by Crippen LogP contribution is -2.46. The summed E-state index contributed by atoms with van der Waals surface area (Å²) in [6, 6.07) is -1.45. The predicted molar refractivity (Wildman–Crippen MR) is 73.3 cm³/mol. The van der Waals surface area contributed by atoms with E-state index in [0.29, 0.717) is 6.42 Å². The lowest BCUT2D eigenvalue weighted by molar-refractivity contribution is -0.139. The van der Waals surface area contributed by atoms with Gasteiger partial charge in [-0.3, -0.25) is 4.79 Å². The summed E-state index contributed by atoms with van der Waals surface area (Å²) in [7, 11) is 0. The Morgan fingerprint density at radius 2 is 1.85 bits per heavy atom. The highest BCUT2D eigenvalue weighted by Gasteiger charge is 2.18. The standard InChI is InChI=1S/C13H23N3O4/c1-2-10(12(18)19)15-13(20)14-7-6-11(17)16-8-4-3-5-9-16/h10H,2-9H2,1H3,(H,18,19)(H2,14,15,20)/t10-/m1/s1. The van der Waals surface area contributed by atoms with E-state index in [4.69, 9.17) is 5.11 Å². The fraction of sp³-hybridized carbons (Fsp3) is 0.769. The maximum atomic E-state index is 11.8. The molecule has 0 bridgehead atoms. The number of nitrogens with zero attached hydrogens (tertiary/aromatic N) is 1. The van der Waals surface area contributed by atoms with Crippen molar-refractivity contribution < 1.29 is 19.5 Å². The van der Waals surface area contributed by atoms with Crippen LogP contribution in [-0.4, -0.2) is 53.6 Å². The first-order chi connectivity index (χ1) is 9.54. The van der Waals surface area contributed by atoms with Crippen molar-refractivity contribution in [1.82, 2.24) is 15.5 Å². The third-order valence-electron chi connectivity index (χ3n) is 3.34. The van der Waals surface area contributed by atoms with Crippen LogP contribution in [0.3, 0.4) is 0 Å². The van der Waals surface area contributed by atoms with Crippen LogP contribution in [0.2, 0.25) is 0 Å². The maximum Gasteiger partial charge on any atom is 0.326 e. The van der Waals surface area contributed by atoms with Crippen molar-refractivity contribution in [2.75, 3.05) is 19.6 Å². The second-order valence-electron chi connectivity index (χ2n) is 4.89. The van der Waals surface area contributed by atoms with Crippen LogP contribution in [-0.2, 0) is 9.59 Å². The fourth-order valence-electron chi connectivity index (χ4n) is 2.13. The van der Waals surface area contributed by atoms with Gasteiger partial charge in [0.1, 0.15) is 6.04 Å². The van der Waals surface area contributed by atoms with Crippen LogP contribution in [0, 0.1) is 0 Å². The summed E-state index contributed by atoms with van der Waals surface area (Å²) in [6.45, 7) is 3.49. The first kappa shape index (κ1) is 16.3. The number of aliphatic carboxylic acids is 1. The fourth-order valence-corrected chi connectivity index (χ4v) is 2.13. The summed E-state index contributed by atoms with van der Waals surface area (Å²) in [4.78, 5) is 35.9. The Bertz CT molecular complexity index is 354. The minimum atomic E-state index is -1.06. The Hall–Kier alpha value is -1.79. The minimum Gasteiger partial charge on any atom is -0.480 e. The number of nitrogens with one attached hydrogen (secondary N) is 2. The van der Waals surface area contributed by atoms with Gasteiger partial charge >= 0.3 is 12.0 Å². The van der Waals surface area contributed by atoms with E-state index >= 15 is 0 Å². The number of likely N-dealkylation sites (tertiary alicyclic amines) is 1. The molecule has 7 nitrogen and oxygen atoms in total. The Morgan fingerprint density at radius 1 is 1.20 bits per heavy atom. The van der Waals surface area contributed by atoms with Crippen molar-refractivity contribution in [3.05, 3.63) is 0 Å². The molecule has 1 aliphatic heterocycles. The number of urea groups is 1. The zero-order valence-corrected chi connectivity index (χ0v) is 11.9. The van der Waals surface area contributed by atoms with Gasteiger partial charge in [0.15, 0.2) is 0 Å². The number of hydrogen-bond acceptors (Lipinski definition) is 3. The summed E-state index contributed by atoms with van der Waals surface area (Å²) in [6.07, 6.45) is 3.80. The summed E-state index contributed by atoms with van der Waals surface area (Å²) in [5, 5.41) is 13.7. The van der Waals surface area contributed by atoms with Crippen molar-refractivity contribution in [2.45, 2.75) is 45.1 Å². The van der Waals surface area contributed by atoms with Gasteiger partial charge in [-0.05, 0) is 25.7 Å². The quantitative estimate of drug-likeness (QED) is 0.663. The molecule has 3 N–H and O–H groups in total. The minimum absolute atomic E-state index is 0.0373. The molecule has 1 aliphatic rings. The number of hydrogen-bond donors (Lipinski definition) is 3. The second kappa shape index (κ2) is 8.39. The lowest BCUT2D eigenvalue weighted by Gasteiger charge is -2.26. The molecule has 0 unspecified atom stereocenters. The largest absolute Gasteiger partial charge is 0.480 e. The first-order valence-corrected chi connectivity index (χ1v) is 7.09. The number of carboxylic acid groups (broad SMARTS) is 1. The molecule has 1 atom stereocenters. The van der Waals surface area contributed by atoms with Crippen LogP contribution >= 0.6 is 0 Å². The Kier molecular flexibility index (Phi) is 6.83. The van der Waals surface area contributed by atoms with Crippen LogP contribution in [0.25, 0.3) is 0 Å². The lowest BCUT2D eigenvalue weighted by atomic mass is 10.1. The molecule has 1 saturated heterocycles. The zero-order chi connectivity index (χ0) is 15.0. The molecule has 0 aromatic heterocycles. The number of amides is 3. The van der Waals surface area contributed by atoms with E-state index in [1.165, 1.54) is 0 Å². The molecule has 0 aliphatic carbocycles. The van der Waals surface area contributed by atoms with Gasteiger partial charge in [-0.15, -0.1) is 0 Å². The number of carboxylic acids is 1. The third-order valence-corrected chi connectivity index (χ3v) is 3.34. The third kappa shape index (κ3) is 5.46. The van der Waals surface area contributed by atoms with E-state index in [1.807, 2.05) is 4.90 Å². The topological polar surface area (TPSA) is 98.7 Å². The Morgan fingerprint density at radius 3 is 2.40 bits per heavy atom. The summed E-state index contributed by atoms with van der Waals surface area (Å²) >= 11 is 0. The Balaban J connectivity index is 2.20. The Labute approximate surface area is 118 Å². The first-order valence-electron chi connectivity index (χ1n) is 7.09. The van der Waals surface area contributed by atoms with Crippen LogP contribution < -0.4 is 10.6 Å². The molecule has 0 aromatic rings. The van der Waals surface area contributed by atoms with E-state index in [2.05, 4.69) is 10.6 Å². The summed E-state index contributed by atoms with van der Waals surface area (Å²) in [5.74, 6) is -1.03. The van der Waals surface area contributed by atoms with Crippen molar-refractivity contribution in [1.29, 1.82) is 0 Å². The molecule has 1 rings (SSSR count). The molecule has 114 valence electrons. The van der Waals surface area contributed by atoms with Crippen LogP contribution in [0.4, 0.5) is 4.79 Å². The van der Waals surface area contributed by atoms with Gasteiger partial charge in [-0.25, -0.2) is 9.59 Å². The molecule has 0 radical (unpaired) electrons. The average molecular weight is 285 g/mol. The van der Waals surface area contributed by atoms with E-state index in [-0.39, 0.29) is 18.9 Å². The highest BCUT2D eigenvalue weighted by molar-refractivity contribution is 5.83. The highest BCUT2D eigenvalue weighted by atomic mass is 16.4. The second-order valence-corrected chi connectivity index (χ2v) is 4.89. The highest BCUT2D eigenvalue weighted by Crippen LogP contribution is 2.09. The number of piperidine rings is 1. The van der Waals surface area contributed by atoms with E-state index < -0.39 is 18.0 Å². The van der Waals surface area contributed by atoms with Crippen LogP contribution in [0.15, 0.2) is 0 Å². The van der Waals surface area contributed by atoms with Gasteiger partial charge in [-0.1, -0.05) is 6.92 Å². The van der Waals surface area contributed by atoms with Crippen LogP contribution in [0.5, 0.6) is 0 Å². The number of rotatable bonds is 6. The zero-order valence-electron chi connectivity index (χ0n) is 11.9. The van der Waals surface area contributed by atoms with Gasteiger partial charge in [0, 0.05) is 26.1 Å². The SMILES string of the molecule is CC[C@@H](NC(=O)NCCC(=O)N1CCCCC1)C(=O)O. The van der Waals surface area contributed by atoms with Gasteiger partial charge in [0.05, 0.1) is 0 Å². The van der Waals surface area contributed by atoms with Gasteiger partial charge in [0.2, 0.25) is 5.91 Å². The van der Waals surface area contributed by atoms with Crippen molar-refractivity contribution in [3.8, 4) is 0 Å². The van der Waals surface area contributed by atoms with Gasteiger partial charge in [-0.2, -0.15) is 0 Å². The van der Waals surface area contributed by atoms with Crippen LogP contribution in [0.1, 0.15) is 39.0 Å². The average Bonchev–Trinajstić information content (AvgIpc) is 2.45. The smallest absolute Gasteiger partial charge is 0.326 e. The van der Waals surface area contributed by atoms with E-state index in [9.17, 15) is 14.4 Å². The monoisotopic (exact) mass is 285 g/mol. The van der Waals surface area contributed by atoms with E-state index in [1.54, 1.807) is 6.92 Å². The van der Waals surface area contributed by atoms with Gasteiger partial charge < -0.3 is 20.6 Å². The molecule has 7 heteroatoms. The molecule has 3 amide bonds. The van der Waals surface area contributed by atoms with Gasteiger partial charge in [0.25, 0.3) is 0 Å². The van der Waals surface area contributed by atoms with Crippen molar-refractivity contribution in [3.63, 3.8) is 0 Å². The van der Waals surface area contributed by atoms with E-state index in [0.717, 1.165) is 32.4 Å². The molecular weight excluding hydrogens is 262 g/mol. The number of carbonyl (C=O) groups is 3. The summed E-state index contributed by atoms with van der Waals surface area (Å²) in [5.41, 5.74) is 0.